The molecule has 1 unspecified atom stereocenters. The minimum absolute atomic E-state index is 0. The number of fused-ring (bicyclic) bond motifs is 1. The van der Waals surface area contributed by atoms with Crippen molar-refractivity contribution in [1.82, 2.24) is 15.5 Å². The lowest BCUT2D eigenvalue weighted by atomic mass is 10.2. The molecule has 1 aromatic carbocycles. The predicted molar refractivity (Wildman–Crippen MR) is 130 cm³/mol. The summed E-state index contributed by atoms with van der Waals surface area (Å²) < 4.78 is 6.47. The summed E-state index contributed by atoms with van der Waals surface area (Å²) in [6, 6.07) is 10.1. The Morgan fingerprint density at radius 1 is 1.31 bits per heavy atom. The van der Waals surface area contributed by atoms with E-state index in [9.17, 15) is 9.90 Å². The third kappa shape index (κ3) is 8.35. The van der Waals surface area contributed by atoms with E-state index in [1.54, 1.807) is 25.4 Å². The molecular weight excluding hydrogens is 503 g/mol. The van der Waals surface area contributed by atoms with Gasteiger partial charge in [0.1, 0.15) is 11.7 Å². The lowest BCUT2D eigenvalue weighted by molar-refractivity contribution is 0.0302. The summed E-state index contributed by atoms with van der Waals surface area (Å²) in [5, 5.41) is 17.8. The van der Waals surface area contributed by atoms with Gasteiger partial charge in [-0.1, -0.05) is 18.2 Å². The minimum atomic E-state index is -0.625. The van der Waals surface area contributed by atoms with Gasteiger partial charge in [0.05, 0.1) is 0 Å². The molecule has 0 aliphatic rings. The fraction of sp³-hybridized carbons (Fsp3) is 0.500. The molecule has 0 spiro atoms. The largest absolute Gasteiger partial charge is 0.444 e. The van der Waals surface area contributed by atoms with Crippen LogP contribution in [0.4, 0.5) is 4.79 Å². The lowest BCUT2D eigenvalue weighted by Crippen LogP contribution is -2.44. The van der Waals surface area contributed by atoms with Crippen LogP contribution in [0, 0.1) is 0 Å². The van der Waals surface area contributed by atoms with E-state index < -0.39 is 11.7 Å². The maximum absolute atomic E-state index is 11.9. The van der Waals surface area contributed by atoms with Gasteiger partial charge in [0.15, 0.2) is 5.96 Å². The van der Waals surface area contributed by atoms with Crippen molar-refractivity contribution in [3.63, 3.8) is 0 Å². The number of hydrogen-bond acceptors (Lipinski definition) is 5. The molecule has 1 amide bonds. The van der Waals surface area contributed by atoms with Crippen LogP contribution in [0.1, 0.15) is 31.8 Å². The maximum atomic E-state index is 11.9. The number of aliphatic hydroxyl groups is 1. The first-order valence-corrected chi connectivity index (χ1v) is 10.1. The summed E-state index contributed by atoms with van der Waals surface area (Å²) in [5.41, 5.74) is -0.515. The van der Waals surface area contributed by atoms with Gasteiger partial charge in [0.25, 0.3) is 0 Å². The molecular formula is C20H31IN4O3S. The van der Waals surface area contributed by atoms with Gasteiger partial charge < -0.3 is 25.4 Å². The zero-order chi connectivity index (χ0) is 20.7. The zero-order valence-corrected chi connectivity index (χ0v) is 20.7. The van der Waals surface area contributed by atoms with Crippen LogP contribution >= 0.6 is 35.3 Å². The highest BCUT2D eigenvalue weighted by molar-refractivity contribution is 14.0. The van der Waals surface area contributed by atoms with Gasteiger partial charge in [0, 0.05) is 43.3 Å². The van der Waals surface area contributed by atoms with Crippen LogP contribution < -0.4 is 10.6 Å². The SMILES string of the molecule is CN=C(NCCN(C)C(=O)OC(C)(C)C)NCC(O)c1cc2ccccc2s1.I. The number of likely N-dealkylation sites (N-methyl/N-ethyl adjacent to an activating group) is 1. The van der Waals surface area contributed by atoms with E-state index in [0.29, 0.717) is 25.6 Å². The Kier molecular flexibility index (Phi) is 10.1. The summed E-state index contributed by atoms with van der Waals surface area (Å²) in [7, 11) is 3.36. The Labute approximate surface area is 193 Å². The van der Waals surface area contributed by atoms with E-state index in [2.05, 4.69) is 15.6 Å². The van der Waals surface area contributed by atoms with Gasteiger partial charge in [-0.05, 0) is 38.3 Å². The molecule has 2 aromatic rings. The van der Waals surface area contributed by atoms with E-state index >= 15 is 0 Å². The molecule has 7 nitrogen and oxygen atoms in total. The molecule has 9 heteroatoms. The van der Waals surface area contributed by atoms with Crippen LogP contribution in [0.2, 0.25) is 0 Å². The molecule has 0 aliphatic carbocycles. The van der Waals surface area contributed by atoms with E-state index in [-0.39, 0.29) is 30.1 Å². The summed E-state index contributed by atoms with van der Waals surface area (Å²) in [4.78, 5) is 18.5. The summed E-state index contributed by atoms with van der Waals surface area (Å²) in [5.74, 6) is 0.567. The number of ether oxygens (including phenoxy) is 1. The van der Waals surface area contributed by atoms with Crippen LogP contribution in [0.3, 0.4) is 0 Å². The van der Waals surface area contributed by atoms with E-state index in [0.717, 1.165) is 15.0 Å². The second-order valence-corrected chi connectivity index (χ2v) is 8.60. The number of rotatable bonds is 6. The molecule has 3 N–H and O–H groups in total. The number of hydrogen-bond donors (Lipinski definition) is 3. The van der Waals surface area contributed by atoms with Gasteiger partial charge in [-0.2, -0.15) is 0 Å². The van der Waals surface area contributed by atoms with Crippen LogP contribution in [0.5, 0.6) is 0 Å². The van der Waals surface area contributed by atoms with Crippen molar-refractivity contribution in [3.05, 3.63) is 35.2 Å². The first-order valence-electron chi connectivity index (χ1n) is 9.25. The molecule has 0 fully saturated rings. The van der Waals surface area contributed by atoms with E-state index in [4.69, 9.17) is 4.74 Å². The number of aliphatic hydroxyl groups excluding tert-OH is 1. The van der Waals surface area contributed by atoms with Crippen LogP contribution in [-0.4, -0.2) is 61.4 Å². The number of nitrogens with zero attached hydrogens (tertiary/aromatic N) is 2. The molecule has 0 radical (unpaired) electrons. The zero-order valence-electron chi connectivity index (χ0n) is 17.6. The molecule has 1 atom stereocenters. The van der Waals surface area contributed by atoms with Crippen molar-refractivity contribution in [1.29, 1.82) is 0 Å². The number of nitrogens with one attached hydrogen (secondary N) is 2. The van der Waals surface area contributed by atoms with Gasteiger partial charge in [-0.15, -0.1) is 35.3 Å². The summed E-state index contributed by atoms with van der Waals surface area (Å²) in [6.07, 6.45) is -0.988. The smallest absolute Gasteiger partial charge is 0.410 e. The number of carbonyl (C=O) groups excluding carboxylic acids is 1. The molecule has 1 aromatic heterocycles. The van der Waals surface area contributed by atoms with Crippen molar-refractivity contribution < 1.29 is 14.6 Å². The Morgan fingerprint density at radius 2 is 2.00 bits per heavy atom. The van der Waals surface area contributed by atoms with Crippen LogP contribution in [0.25, 0.3) is 10.1 Å². The first-order chi connectivity index (χ1) is 13.2. The molecule has 0 bridgehead atoms. The fourth-order valence-electron chi connectivity index (χ4n) is 2.45. The monoisotopic (exact) mass is 534 g/mol. The Bertz CT molecular complexity index is 786. The second-order valence-electron chi connectivity index (χ2n) is 7.48. The molecule has 1 heterocycles. The first kappa shape index (κ1) is 25.4. The van der Waals surface area contributed by atoms with Crippen molar-refractivity contribution in [3.8, 4) is 0 Å². The molecule has 29 heavy (non-hydrogen) atoms. The summed E-state index contributed by atoms with van der Waals surface area (Å²) in [6.45, 7) is 6.83. The van der Waals surface area contributed by atoms with Crippen molar-refractivity contribution in [2.45, 2.75) is 32.5 Å². The quantitative estimate of drug-likeness (QED) is 0.300. The number of amides is 1. The van der Waals surface area contributed by atoms with E-state index in [1.807, 2.05) is 51.1 Å². The number of benzene rings is 1. The highest BCUT2D eigenvalue weighted by atomic mass is 127. The Hall–Kier alpha value is -1.59. The van der Waals surface area contributed by atoms with E-state index in [1.165, 1.54) is 4.90 Å². The molecule has 0 aliphatic heterocycles. The third-order valence-corrected chi connectivity index (χ3v) is 5.12. The average Bonchev–Trinajstić information content (AvgIpc) is 3.07. The summed E-state index contributed by atoms with van der Waals surface area (Å²) >= 11 is 1.59. The topological polar surface area (TPSA) is 86.2 Å². The molecule has 0 saturated carbocycles. The molecule has 162 valence electrons. The number of carbonyl (C=O) groups is 1. The van der Waals surface area contributed by atoms with Gasteiger partial charge in [-0.3, -0.25) is 4.99 Å². The molecule has 0 saturated heterocycles. The standard InChI is InChI=1S/C20H30N4O3S.HI/c1-20(2,3)27-19(26)24(5)11-10-22-18(21-4)23-13-15(25)17-12-14-8-6-7-9-16(14)28-17;/h6-9,12,15,25H,10-11,13H2,1-5H3,(H2,21,22,23);1H. The second kappa shape index (κ2) is 11.6. The highest BCUT2D eigenvalue weighted by Gasteiger charge is 2.19. The van der Waals surface area contributed by atoms with Crippen LogP contribution in [0.15, 0.2) is 35.3 Å². The number of guanidine groups is 1. The normalized spacial score (nSPS) is 12.8. The highest BCUT2D eigenvalue weighted by Crippen LogP contribution is 2.29. The Balaban J connectivity index is 0.00000420. The predicted octanol–water partition coefficient (Wildman–Crippen LogP) is 3.58. The molecule has 2 rings (SSSR count). The number of halogens is 1. The maximum Gasteiger partial charge on any atom is 0.410 e. The lowest BCUT2D eigenvalue weighted by Gasteiger charge is -2.25. The third-order valence-electron chi connectivity index (χ3n) is 3.90. The average molecular weight is 534 g/mol. The van der Waals surface area contributed by atoms with Gasteiger partial charge in [0.2, 0.25) is 0 Å². The number of aliphatic imine (C=N–C) groups is 1. The fourth-order valence-corrected chi connectivity index (χ4v) is 3.50. The van der Waals surface area contributed by atoms with Gasteiger partial charge >= 0.3 is 6.09 Å². The van der Waals surface area contributed by atoms with Crippen molar-refractivity contribution >= 4 is 57.5 Å². The minimum Gasteiger partial charge on any atom is -0.444 e. The number of thiophene rings is 1. The van der Waals surface area contributed by atoms with Crippen LogP contribution in [-0.2, 0) is 4.74 Å². The van der Waals surface area contributed by atoms with Gasteiger partial charge in [-0.25, -0.2) is 4.79 Å². The van der Waals surface area contributed by atoms with Crippen molar-refractivity contribution in [2.75, 3.05) is 33.7 Å². The van der Waals surface area contributed by atoms with Crippen molar-refractivity contribution in [2.24, 2.45) is 4.99 Å². The Morgan fingerprint density at radius 3 is 2.62 bits per heavy atom.